The number of aryl methyl sites for hydroxylation is 1. The van der Waals surface area contributed by atoms with Crippen molar-refractivity contribution in [3.05, 3.63) is 17.5 Å². The predicted molar refractivity (Wildman–Crippen MR) is 98.7 cm³/mol. The molecule has 3 aliphatic rings. The van der Waals surface area contributed by atoms with Crippen molar-refractivity contribution in [3.63, 3.8) is 0 Å². The fourth-order valence-corrected chi connectivity index (χ4v) is 5.37. The van der Waals surface area contributed by atoms with Gasteiger partial charge in [0, 0.05) is 37.8 Å². The minimum atomic E-state index is 0.233. The van der Waals surface area contributed by atoms with E-state index in [9.17, 15) is 4.79 Å². The lowest BCUT2D eigenvalue weighted by Gasteiger charge is -2.33. The van der Waals surface area contributed by atoms with Crippen LogP contribution in [0.15, 0.2) is 6.20 Å². The molecule has 0 aromatic carbocycles. The van der Waals surface area contributed by atoms with Crippen molar-refractivity contribution in [1.82, 2.24) is 19.6 Å². The number of likely N-dealkylation sites (tertiary alicyclic amines) is 2. The summed E-state index contributed by atoms with van der Waals surface area (Å²) in [4.78, 5) is 18.1. The lowest BCUT2D eigenvalue weighted by atomic mass is 9.85. The van der Waals surface area contributed by atoms with Gasteiger partial charge in [-0.25, -0.2) is 0 Å². The summed E-state index contributed by atoms with van der Waals surface area (Å²) in [6, 6.07) is 0.931. The molecule has 1 saturated carbocycles. The molecule has 2 saturated heterocycles. The zero-order valence-corrected chi connectivity index (χ0v) is 15.8. The lowest BCUT2D eigenvalue weighted by Crippen LogP contribution is -2.47. The Labute approximate surface area is 151 Å². The largest absolute Gasteiger partial charge is 0.334 e. The van der Waals surface area contributed by atoms with Gasteiger partial charge in [0.05, 0.1) is 11.3 Å². The second-order valence-electron chi connectivity index (χ2n) is 8.33. The van der Waals surface area contributed by atoms with Crippen molar-refractivity contribution in [1.29, 1.82) is 0 Å². The summed E-state index contributed by atoms with van der Waals surface area (Å²) >= 11 is 0. The monoisotopic (exact) mass is 344 g/mol. The molecule has 0 radical (unpaired) electrons. The average Bonchev–Trinajstić information content (AvgIpc) is 3.34. The van der Waals surface area contributed by atoms with Crippen molar-refractivity contribution < 1.29 is 4.79 Å². The van der Waals surface area contributed by atoms with Crippen LogP contribution in [0.3, 0.4) is 0 Å². The summed E-state index contributed by atoms with van der Waals surface area (Å²) in [6.45, 7) is 2.08. The number of aromatic nitrogens is 2. The maximum atomic E-state index is 13.5. The molecule has 2 atom stereocenters. The van der Waals surface area contributed by atoms with E-state index in [1.807, 2.05) is 17.9 Å². The molecule has 0 spiro atoms. The first-order chi connectivity index (χ1) is 12.1. The highest BCUT2D eigenvalue weighted by Crippen LogP contribution is 2.35. The van der Waals surface area contributed by atoms with Crippen LogP contribution in [0.25, 0.3) is 0 Å². The molecular weight excluding hydrogens is 312 g/mol. The molecule has 5 heteroatoms. The second kappa shape index (κ2) is 7.10. The van der Waals surface area contributed by atoms with Gasteiger partial charge in [-0.2, -0.15) is 5.10 Å². The minimum absolute atomic E-state index is 0.233. The third-order valence-corrected chi connectivity index (χ3v) is 6.66. The zero-order chi connectivity index (χ0) is 17.4. The first-order valence-corrected chi connectivity index (χ1v) is 10.2. The van der Waals surface area contributed by atoms with Gasteiger partial charge in [0.15, 0.2) is 0 Å². The Bertz CT molecular complexity index is 619. The molecule has 5 nitrogen and oxygen atoms in total. The molecular formula is C20H32N4O. The van der Waals surface area contributed by atoms with E-state index >= 15 is 0 Å². The molecule has 0 N–H and O–H groups in total. The Morgan fingerprint density at radius 2 is 1.68 bits per heavy atom. The van der Waals surface area contributed by atoms with Crippen LogP contribution < -0.4 is 0 Å². The fourth-order valence-electron chi connectivity index (χ4n) is 5.37. The molecule has 1 aliphatic carbocycles. The van der Waals surface area contributed by atoms with Crippen LogP contribution in [0.1, 0.15) is 79.8 Å². The number of carbonyl (C=O) groups is 1. The van der Waals surface area contributed by atoms with E-state index in [2.05, 4.69) is 16.8 Å². The van der Waals surface area contributed by atoms with Crippen molar-refractivity contribution in [2.24, 2.45) is 7.05 Å². The van der Waals surface area contributed by atoms with Gasteiger partial charge in [0.25, 0.3) is 5.91 Å². The van der Waals surface area contributed by atoms with E-state index in [4.69, 9.17) is 5.10 Å². The average molecular weight is 345 g/mol. The molecule has 138 valence electrons. The summed E-state index contributed by atoms with van der Waals surface area (Å²) in [7, 11) is 4.17. The molecule has 3 heterocycles. The molecule has 1 amide bonds. The van der Waals surface area contributed by atoms with Crippen molar-refractivity contribution in [2.75, 3.05) is 20.1 Å². The number of hydrogen-bond acceptors (Lipinski definition) is 3. The van der Waals surface area contributed by atoms with E-state index in [0.717, 1.165) is 30.6 Å². The quantitative estimate of drug-likeness (QED) is 0.846. The van der Waals surface area contributed by atoms with E-state index in [1.54, 1.807) is 0 Å². The summed E-state index contributed by atoms with van der Waals surface area (Å²) in [6.07, 6.45) is 13.0. The van der Waals surface area contributed by atoms with Gasteiger partial charge in [0.2, 0.25) is 0 Å². The predicted octanol–water partition coefficient (Wildman–Crippen LogP) is 3.17. The Balaban J connectivity index is 1.57. The molecule has 0 bridgehead atoms. The Morgan fingerprint density at radius 3 is 2.40 bits per heavy atom. The number of rotatable bonds is 3. The lowest BCUT2D eigenvalue weighted by molar-refractivity contribution is 0.0662. The smallest absolute Gasteiger partial charge is 0.257 e. The Morgan fingerprint density at radius 1 is 0.960 bits per heavy atom. The van der Waals surface area contributed by atoms with Gasteiger partial charge in [-0.1, -0.05) is 19.3 Å². The minimum Gasteiger partial charge on any atom is -0.334 e. The SMILES string of the molecule is CN1CCCC1C1CCCN1C(=O)c1cn(C)nc1C1CCCCC1. The van der Waals surface area contributed by atoms with Crippen LogP contribution in [0.5, 0.6) is 0 Å². The summed E-state index contributed by atoms with van der Waals surface area (Å²) in [5.74, 6) is 0.709. The second-order valence-corrected chi connectivity index (χ2v) is 8.33. The van der Waals surface area contributed by atoms with Crippen molar-refractivity contribution in [3.8, 4) is 0 Å². The first-order valence-electron chi connectivity index (χ1n) is 10.2. The highest BCUT2D eigenvalue weighted by molar-refractivity contribution is 5.95. The van der Waals surface area contributed by atoms with Crippen LogP contribution in [0, 0.1) is 0 Å². The van der Waals surface area contributed by atoms with Crippen LogP contribution in [-0.2, 0) is 7.05 Å². The van der Waals surface area contributed by atoms with Crippen molar-refractivity contribution >= 4 is 5.91 Å². The normalized spacial score (nSPS) is 28.8. The van der Waals surface area contributed by atoms with E-state index in [1.165, 1.54) is 51.5 Å². The summed E-state index contributed by atoms with van der Waals surface area (Å²) in [5, 5.41) is 4.72. The summed E-state index contributed by atoms with van der Waals surface area (Å²) in [5.41, 5.74) is 1.94. The maximum Gasteiger partial charge on any atom is 0.257 e. The highest BCUT2D eigenvalue weighted by Gasteiger charge is 2.40. The van der Waals surface area contributed by atoms with Gasteiger partial charge in [0.1, 0.15) is 0 Å². The molecule has 1 aromatic rings. The molecule has 1 aromatic heterocycles. The van der Waals surface area contributed by atoms with Gasteiger partial charge in [-0.15, -0.1) is 0 Å². The zero-order valence-electron chi connectivity index (χ0n) is 15.8. The molecule has 4 rings (SSSR count). The number of hydrogen-bond donors (Lipinski definition) is 0. The van der Waals surface area contributed by atoms with Crippen LogP contribution in [0.2, 0.25) is 0 Å². The number of amides is 1. The molecule has 2 unspecified atom stereocenters. The molecule has 2 aliphatic heterocycles. The third-order valence-electron chi connectivity index (χ3n) is 6.66. The number of carbonyl (C=O) groups excluding carboxylic acids is 1. The van der Waals surface area contributed by atoms with Gasteiger partial charge in [-0.3, -0.25) is 9.48 Å². The summed E-state index contributed by atoms with van der Waals surface area (Å²) < 4.78 is 1.85. The van der Waals surface area contributed by atoms with Crippen LogP contribution in [0.4, 0.5) is 0 Å². The van der Waals surface area contributed by atoms with Crippen molar-refractivity contribution in [2.45, 2.75) is 75.8 Å². The Hall–Kier alpha value is -1.36. The Kier molecular flexibility index (Phi) is 4.85. The van der Waals surface area contributed by atoms with Crippen LogP contribution >= 0.6 is 0 Å². The topological polar surface area (TPSA) is 41.4 Å². The van der Waals surface area contributed by atoms with Gasteiger partial charge >= 0.3 is 0 Å². The van der Waals surface area contributed by atoms with E-state index < -0.39 is 0 Å². The third kappa shape index (κ3) is 3.23. The standard InChI is InChI=1S/C20H32N4O/c1-22-12-6-10-17(22)18-11-7-13-24(18)20(25)16-14-23(2)21-19(16)15-8-4-3-5-9-15/h14-15,17-18H,3-13H2,1-2H3. The highest BCUT2D eigenvalue weighted by atomic mass is 16.2. The number of likely N-dealkylation sites (N-methyl/N-ethyl adjacent to an activating group) is 1. The maximum absolute atomic E-state index is 13.5. The van der Waals surface area contributed by atoms with Crippen LogP contribution in [-0.4, -0.2) is 57.7 Å². The van der Waals surface area contributed by atoms with Gasteiger partial charge < -0.3 is 9.80 Å². The number of nitrogens with zero attached hydrogens (tertiary/aromatic N) is 4. The van der Waals surface area contributed by atoms with E-state index in [-0.39, 0.29) is 5.91 Å². The fraction of sp³-hybridized carbons (Fsp3) is 0.800. The molecule has 3 fully saturated rings. The van der Waals surface area contributed by atoms with E-state index in [0.29, 0.717) is 18.0 Å². The first kappa shape index (κ1) is 17.1. The molecule has 25 heavy (non-hydrogen) atoms. The van der Waals surface area contributed by atoms with Gasteiger partial charge in [-0.05, 0) is 52.1 Å².